The molecule has 0 aliphatic carbocycles. The van der Waals surface area contributed by atoms with Crippen molar-refractivity contribution in [3.05, 3.63) is 66.2 Å². The van der Waals surface area contributed by atoms with Crippen LogP contribution >= 0.6 is 0 Å². The van der Waals surface area contributed by atoms with Crippen LogP contribution in [0.25, 0.3) is 0 Å². The summed E-state index contributed by atoms with van der Waals surface area (Å²) in [7, 11) is 0. The topological polar surface area (TPSA) is 12.0 Å². The van der Waals surface area contributed by atoms with E-state index in [0.29, 0.717) is 0 Å². The van der Waals surface area contributed by atoms with Gasteiger partial charge in [-0.1, -0.05) is 76.2 Å². The maximum absolute atomic E-state index is 3.36. The summed E-state index contributed by atoms with van der Waals surface area (Å²) in [5, 5.41) is 3.36. The summed E-state index contributed by atoms with van der Waals surface area (Å²) in [6, 6.07) is 20.6. The quantitative estimate of drug-likeness (QED) is 0.766. The zero-order valence-electron chi connectivity index (χ0n) is 12.0. The van der Waals surface area contributed by atoms with Gasteiger partial charge in [-0.15, -0.1) is 0 Å². The van der Waals surface area contributed by atoms with Crippen molar-refractivity contribution in [2.24, 2.45) is 0 Å². The lowest BCUT2D eigenvalue weighted by molar-refractivity contribution is 1.15. The Hall–Kier alpha value is -1.76. The van der Waals surface area contributed by atoms with Crippen molar-refractivity contribution >= 4 is 5.69 Å². The van der Waals surface area contributed by atoms with Gasteiger partial charge < -0.3 is 5.32 Å². The van der Waals surface area contributed by atoms with Gasteiger partial charge in [-0.3, -0.25) is 0 Å². The maximum Gasteiger partial charge on any atom is 0.0400 e. The number of hydrogen-bond donors (Lipinski definition) is 1. The zero-order valence-corrected chi connectivity index (χ0v) is 12.0. The average Bonchev–Trinajstić information content (AvgIpc) is 2.51. The summed E-state index contributed by atoms with van der Waals surface area (Å²) in [5.74, 6) is 0. The SMILES string of the molecule is CC.CC.c1ccc(CNc2ccccc2)cc1. The third kappa shape index (κ3) is 6.74. The minimum Gasteiger partial charge on any atom is -0.381 e. The molecule has 1 nitrogen and oxygen atoms in total. The Bertz CT molecular complexity index is 328. The largest absolute Gasteiger partial charge is 0.381 e. The highest BCUT2D eigenvalue weighted by Crippen LogP contribution is 2.07. The average molecular weight is 243 g/mol. The number of anilines is 1. The molecule has 18 heavy (non-hydrogen) atoms. The minimum atomic E-state index is 0.880. The fourth-order valence-electron chi connectivity index (χ4n) is 1.36. The van der Waals surface area contributed by atoms with Gasteiger partial charge in [0, 0.05) is 12.2 Å². The van der Waals surface area contributed by atoms with Crippen LogP contribution in [0.3, 0.4) is 0 Å². The number of hydrogen-bond acceptors (Lipinski definition) is 1. The predicted octanol–water partition coefficient (Wildman–Crippen LogP) is 5.35. The van der Waals surface area contributed by atoms with E-state index in [1.807, 2.05) is 52.0 Å². The molecule has 0 aromatic heterocycles. The Morgan fingerprint density at radius 2 is 1.11 bits per heavy atom. The molecule has 1 N–H and O–H groups in total. The molecule has 0 spiro atoms. The van der Waals surface area contributed by atoms with E-state index in [4.69, 9.17) is 0 Å². The fourth-order valence-corrected chi connectivity index (χ4v) is 1.36. The van der Waals surface area contributed by atoms with E-state index in [2.05, 4.69) is 41.7 Å². The van der Waals surface area contributed by atoms with Crippen molar-refractivity contribution in [2.75, 3.05) is 5.32 Å². The van der Waals surface area contributed by atoms with E-state index in [0.717, 1.165) is 12.2 Å². The van der Waals surface area contributed by atoms with Gasteiger partial charge in [0.1, 0.15) is 0 Å². The number of benzene rings is 2. The lowest BCUT2D eigenvalue weighted by Gasteiger charge is -2.05. The van der Waals surface area contributed by atoms with Crippen LogP contribution < -0.4 is 5.32 Å². The first kappa shape index (κ1) is 16.2. The highest BCUT2D eigenvalue weighted by molar-refractivity contribution is 5.43. The van der Waals surface area contributed by atoms with Gasteiger partial charge in [0.2, 0.25) is 0 Å². The van der Waals surface area contributed by atoms with Gasteiger partial charge in [-0.05, 0) is 17.7 Å². The first-order chi connectivity index (χ1) is 8.95. The first-order valence-electron chi connectivity index (χ1n) is 6.78. The number of rotatable bonds is 3. The van der Waals surface area contributed by atoms with E-state index in [1.54, 1.807) is 0 Å². The summed E-state index contributed by atoms with van der Waals surface area (Å²) < 4.78 is 0. The van der Waals surface area contributed by atoms with E-state index < -0.39 is 0 Å². The van der Waals surface area contributed by atoms with Crippen LogP contribution in [-0.4, -0.2) is 0 Å². The highest BCUT2D eigenvalue weighted by atomic mass is 14.9. The maximum atomic E-state index is 3.36. The van der Waals surface area contributed by atoms with E-state index in [9.17, 15) is 0 Å². The van der Waals surface area contributed by atoms with Crippen LogP contribution in [0.5, 0.6) is 0 Å². The Balaban J connectivity index is 0.000000659. The van der Waals surface area contributed by atoms with Gasteiger partial charge in [0.05, 0.1) is 0 Å². The minimum absolute atomic E-state index is 0.880. The molecule has 0 unspecified atom stereocenters. The van der Waals surface area contributed by atoms with Crippen molar-refractivity contribution in [1.29, 1.82) is 0 Å². The number of para-hydroxylation sites is 1. The van der Waals surface area contributed by atoms with Crippen LogP contribution in [0.15, 0.2) is 60.7 Å². The second kappa shape index (κ2) is 11.7. The highest BCUT2D eigenvalue weighted by Gasteiger charge is 1.90. The van der Waals surface area contributed by atoms with E-state index >= 15 is 0 Å². The molecule has 0 saturated heterocycles. The van der Waals surface area contributed by atoms with Crippen LogP contribution in [0.2, 0.25) is 0 Å². The second-order valence-electron chi connectivity index (χ2n) is 3.21. The second-order valence-corrected chi connectivity index (χ2v) is 3.21. The molecule has 0 saturated carbocycles. The number of nitrogens with one attached hydrogen (secondary N) is 1. The molecule has 0 aliphatic heterocycles. The Kier molecular flexibility index (Phi) is 10.6. The molecule has 98 valence electrons. The summed E-state index contributed by atoms with van der Waals surface area (Å²) in [4.78, 5) is 0. The van der Waals surface area contributed by atoms with Crippen LogP contribution in [-0.2, 0) is 6.54 Å². The van der Waals surface area contributed by atoms with Crippen molar-refractivity contribution < 1.29 is 0 Å². The van der Waals surface area contributed by atoms with E-state index in [1.165, 1.54) is 5.56 Å². The molecule has 0 heterocycles. The molecule has 0 atom stereocenters. The monoisotopic (exact) mass is 243 g/mol. The molecule has 1 heteroatoms. The molecule has 2 aromatic carbocycles. The molecular formula is C17H25N. The third-order valence-electron chi connectivity index (χ3n) is 2.11. The molecule has 2 rings (SSSR count). The smallest absolute Gasteiger partial charge is 0.0400 e. The van der Waals surface area contributed by atoms with Gasteiger partial charge in [0.15, 0.2) is 0 Å². The zero-order chi connectivity index (χ0) is 13.6. The van der Waals surface area contributed by atoms with Crippen LogP contribution in [0.4, 0.5) is 5.69 Å². The van der Waals surface area contributed by atoms with E-state index in [-0.39, 0.29) is 0 Å². The first-order valence-corrected chi connectivity index (χ1v) is 6.78. The van der Waals surface area contributed by atoms with Crippen molar-refractivity contribution in [2.45, 2.75) is 34.2 Å². The predicted molar refractivity (Wildman–Crippen MR) is 82.9 cm³/mol. The van der Waals surface area contributed by atoms with Gasteiger partial charge in [0.25, 0.3) is 0 Å². The standard InChI is InChI=1S/C13H13N.2C2H6/c1-3-7-12(8-4-1)11-14-13-9-5-2-6-10-13;2*1-2/h1-10,14H,11H2;2*1-2H3. The normalized spacial score (nSPS) is 8.22. The molecular weight excluding hydrogens is 218 g/mol. The van der Waals surface area contributed by atoms with Gasteiger partial charge in [-0.25, -0.2) is 0 Å². The van der Waals surface area contributed by atoms with Crippen molar-refractivity contribution in [3.8, 4) is 0 Å². The summed E-state index contributed by atoms with van der Waals surface area (Å²) >= 11 is 0. The molecule has 0 aliphatic rings. The van der Waals surface area contributed by atoms with Gasteiger partial charge >= 0.3 is 0 Å². The molecule has 2 aromatic rings. The summed E-state index contributed by atoms with van der Waals surface area (Å²) in [6.07, 6.45) is 0. The molecule has 0 bridgehead atoms. The van der Waals surface area contributed by atoms with Crippen LogP contribution in [0.1, 0.15) is 33.3 Å². The van der Waals surface area contributed by atoms with Crippen molar-refractivity contribution in [3.63, 3.8) is 0 Å². The Morgan fingerprint density at radius 1 is 0.667 bits per heavy atom. The lowest BCUT2D eigenvalue weighted by atomic mass is 10.2. The molecule has 0 radical (unpaired) electrons. The molecule has 0 amide bonds. The lowest BCUT2D eigenvalue weighted by Crippen LogP contribution is -1.98. The summed E-state index contributed by atoms with van der Waals surface area (Å²) in [5.41, 5.74) is 2.47. The molecule has 0 fully saturated rings. The Morgan fingerprint density at radius 3 is 1.61 bits per heavy atom. The van der Waals surface area contributed by atoms with Crippen LogP contribution in [0, 0.1) is 0 Å². The van der Waals surface area contributed by atoms with Gasteiger partial charge in [-0.2, -0.15) is 0 Å². The summed E-state index contributed by atoms with van der Waals surface area (Å²) in [6.45, 7) is 8.88. The Labute approximate surface area is 112 Å². The fraction of sp³-hybridized carbons (Fsp3) is 0.294. The third-order valence-corrected chi connectivity index (χ3v) is 2.11. The van der Waals surface area contributed by atoms with Crippen molar-refractivity contribution in [1.82, 2.24) is 0 Å².